The normalized spacial score (nSPS) is 10.1. The second kappa shape index (κ2) is 3.23. The van der Waals surface area contributed by atoms with Crippen LogP contribution < -0.4 is 0 Å². The van der Waals surface area contributed by atoms with Crippen molar-refractivity contribution in [3.05, 3.63) is 36.2 Å². The molecule has 0 radical (unpaired) electrons. The van der Waals surface area contributed by atoms with Crippen molar-refractivity contribution in [1.82, 2.24) is 4.98 Å². The molecule has 0 spiro atoms. The molecule has 1 aromatic rings. The van der Waals surface area contributed by atoms with Gasteiger partial charge in [-0.05, 0) is 17.7 Å². The van der Waals surface area contributed by atoms with E-state index in [0.29, 0.717) is 5.56 Å². The van der Waals surface area contributed by atoms with Gasteiger partial charge in [-0.25, -0.2) is 8.78 Å². The zero-order valence-corrected chi connectivity index (χ0v) is 5.80. The van der Waals surface area contributed by atoms with E-state index in [0.717, 1.165) is 0 Å². The Hall–Kier alpha value is -1.25. The third kappa shape index (κ3) is 1.83. The molecule has 0 saturated carbocycles. The minimum atomic E-state index is -2.50. The van der Waals surface area contributed by atoms with Gasteiger partial charge in [-0.3, -0.25) is 4.98 Å². The fourth-order valence-electron chi connectivity index (χ4n) is 0.712. The number of rotatable bonds is 2. The Balaban J connectivity index is 3.00. The summed E-state index contributed by atoms with van der Waals surface area (Å²) in [6, 6.07) is 2.94. The Labute approximate surface area is 63.4 Å². The van der Waals surface area contributed by atoms with Crippen LogP contribution in [0.15, 0.2) is 24.9 Å². The van der Waals surface area contributed by atoms with Crippen molar-refractivity contribution in [3.63, 3.8) is 0 Å². The molecule has 0 unspecified atom stereocenters. The van der Waals surface area contributed by atoms with Gasteiger partial charge < -0.3 is 0 Å². The van der Waals surface area contributed by atoms with Gasteiger partial charge in [0.2, 0.25) is 0 Å². The molecule has 11 heavy (non-hydrogen) atoms. The summed E-state index contributed by atoms with van der Waals surface area (Å²) in [5.41, 5.74) is 0.456. The van der Waals surface area contributed by atoms with Gasteiger partial charge in [0.15, 0.2) is 0 Å². The van der Waals surface area contributed by atoms with Crippen molar-refractivity contribution in [3.8, 4) is 0 Å². The standard InChI is InChI=1S/C8H7F2N/c1-2-6-3-4-11-7(5-6)8(9)10/h2-5,8H,1H2. The molecule has 0 amide bonds. The fourth-order valence-corrected chi connectivity index (χ4v) is 0.712. The van der Waals surface area contributed by atoms with Crippen molar-refractivity contribution in [2.24, 2.45) is 0 Å². The maximum atomic E-state index is 12.0. The Morgan fingerprint density at radius 3 is 2.82 bits per heavy atom. The second-order valence-corrected chi connectivity index (χ2v) is 2.02. The molecule has 0 aromatic carbocycles. The first-order valence-electron chi connectivity index (χ1n) is 3.10. The predicted octanol–water partition coefficient (Wildman–Crippen LogP) is 2.66. The van der Waals surface area contributed by atoms with E-state index in [-0.39, 0.29) is 5.69 Å². The van der Waals surface area contributed by atoms with E-state index in [9.17, 15) is 8.78 Å². The Morgan fingerprint density at radius 1 is 1.55 bits per heavy atom. The number of nitrogens with zero attached hydrogens (tertiary/aromatic N) is 1. The molecule has 1 heterocycles. The number of halogens is 2. The fraction of sp³-hybridized carbons (Fsp3) is 0.125. The highest BCUT2D eigenvalue weighted by Crippen LogP contribution is 2.16. The van der Waals surface area contributed by atoms with Crippen molar-refractivity contribution >= 4 is 6.08 Å². The Morgan fingerprint density at radius 2 is 2.27 bits per heavy atom. The van der Waals surface area contributed by atoms with Crippen LogP contribution in [0.2, 0.25) is 0 Å². The molecule has 58 valence electrons. The lowest BCUT2D eigenvalue weighted by Crippen LogP contribution is -1.88. The van der Waals surface area contributed by atoms with E-state index in [2.05, 4.69) is 11.6 Å². The van der Waals surface area contributed by atoms with Crippen molar-refractivity contribution < 1.29 is 8.78 Å². The molecule has 0 aliphatic heterocycles. The van der Waals surface area contributed by atoms with Crippen LogP contribution in [0.1, 0.15) is 17.7 Å². The molecular weight excluding hydrogens is 148 g/mol. The lowest BCUT2D eigenvalue weighted by Gasteiger charge is -1.98. The van der Waals surface area contributed by atoms with Gasteiger partial charge in [0.05, 0.1) is 0 Å². The maximum absolute atomic E-state index is 12.0. The zero-order chi connectivity index (χ0) is 8.27. The van der Waals surface area contributed by atoms with E-state index in [1.165, 1.54) is 18.3 Å². The maximum Gasteiger partial charge on any atom is 0.280 e. The summed E-state index contributed by atoms with van der Waals surface area (Å²) < 4.78 is 24.0. The molecule has 0 aliphatic rings. The van der Waals surface area contributed by atoms with Crippen LogP contribution in [-0.4, -0.2) is 4.98 Å². The number of alkyl halides is 2. The van der Waals surface area contributed by atoms with Gasteiger partial charge in [-0.15, -0.1) is 0 Å². The molecule has 0 saturated heterocycles. The average molecular weight is 155 g/mol. The largest absolute Gasteiger partial charge is 0.280 e. The third-order valence-corrected chi connectivity index (χ3v) is 1.26. The number of hydrogen-bond donors (Lipinski definition) is 0. The van der Waals surface area contributed by atoms with E-state index in [4.69, 9.17) is 0 Å². The van der Waals surface area contributed by atoms with Crippen LogP contribution in [0.3, 0.4) is 0 Å². The summed E-state index contributed by atoms with van der Waals surface area (Å²) >= 11 is 0. The van der Waals surface area contributed by atoms with Crippen molar-refractivity contribution in [1.29, 1.82) is 0 Å². The molecule has 1 aromatic heterocycles. The van der Waals surface area contributed by atoms with Gasteiger partial charge in [0.1, 0.15) is 5.69 Å². The molecular formula is C8H7F2N. The smallest absolute Gasteiger partial charge is 0.255 e. The van der Waals surface area contributed by atoms with Gasteiger partial charge in [0.25, 0.3) is 6.43 Å². The predicted molar refractivity (Wildman–Crippen MR) is 39.3 cm³/mol. The van der Waals surface area contributed by atoms with E-state index in [1.807, 2.05) is 0 Å². The molecule has 0 atom stereocenters. The van der Waals surface area contributed by atoms with E-state index < -0.39 is 6.43 Å². The molecule has 1 rings (SSSR count). The van der Waals surface area contributed by atoms with Crippen LogP contribution in [0.5, 0.6) is 0 Å². The lowest BCUT2D eigenvalue weighted by molar-refractivity contribution is 0.146. The summed E-state index contributed by atoms with van der Waals surface area (Å²) in [4.78, 5) is 3.49. The van der Waals surface area contributed by atoms with Crippen LogP contribution >= 0.6 is 0 Å². The summed E-state index contributed by atoms with van der Waals surface area (Å²) in [6.45, 7) is 3.46. The minimum Gasteiger partial charge on any atom is -0.255 e. The lowest BCUT2D eigenvalue weighted by atomic mass is 10.2. The zero-order valence-electron chi connectivity index (χ0n) is 5.80. The Bertz CT molecular complexity index is 258. The SMILES string of the molecule is C=Cc1ccnc(C(F)F)c1. The van der Waals surface area contributed by atoms with E-state index in [1.54, 1.807) is 6.07 Å². The summed E-state index contributed by atoms with van der Waals surface area (Å²) in [5.74, 6) is 0. The van der Waals surface area contributed by atoms with Gasteiger partial charge in [0, 0.05) is 6.20 Å². The number of aromatic nitrogens is 1. The van der Waals surface area contributed by atoms with Gasteiger partial charge >= 0.3 is 0 Å². The highest BCUT2D eigenvalue weighted by Gasteiger charge is 2.07. The van der Waals surface area contributed by atoms with Crippen LogP contribution in [0.25, 0.3) is 6.08 Å². The first-order valence-corrected chi connectivity index (χ1v) is 3.10. The van der Waals surface area contributed by atoms with E-state index >= 15 is 0 Å². The molecule has 3 heteroatoms. The van der Waals surface area contributed by atoms with Crippen molar-refractivity contribution in [2.45, 2.75) is 6.43 Å². The molecule has 1 nitrogen and oxygen atoms in total. The van der Waals surface area contributed by atoms with Gasteiger partial charge in [-0.2, -0.15) is 0 Å². The molecule has 0 bridgehead atoms. The first-order chi connectivity index (χ1) is 5.24. The van der Waals surface area contributed by atoms with Crippen LogP contribution in [-0.2, 0) is 0 Å². The molecule has 0 aliphatic carbocycles. The molecule has 0 fully saturated rings. The molecule has 0 N–H and O–H groups in total. The minimum absolute atomic E-state index is 0.206. The van der Waals surface area contributed by atoms with Gasteiger partial charge in [-0.1, -0.05) is 12.7 Å². The monoisotopic (exact) mass is 155 g/mol. The first kappa shape index (κ1) is 7.85. The highest BCUT2D eigenvalue weighted by molar-refractivity contribution is 5.46. The number of hydrogen-bond acceptors (Lipinski definition) is 1. The van der Waals surface area contributed by atoms with Crippen LogP contribution in [0.4, 0.5) is 8.78 Å². The summed E-state index contributed by atoms with van der Waals surface area (Å²) in [6.07, 6.45) is 0.349. The Kier molecular flexibility index (Phi) is 2.31. The average Bonchev–Trinajstić information content (AvgIpc) is 2.05. The second-order valence-electron chi connectivity index (χ2n) is 2.02. The quantitative estimate of drug-likeness (QED) is 0.639. The van der Waals surface area contributed by atoms with Crippen molar-refractivity contribution in [2.75, 3.05) is 0 Å². The number of pyridine rings is 1. The topological polar surface area (TPSA) is 12.9 Å². The third-order valence-electron chi connectivity index (χ3n) is 1.26. The summed E-state index contributed by atoms with van der Waals surface area (Å²) in [7, 11) is 0. The summed E-state index contributed by atoms with van der Waals surface area (Å²) in [5, 5.41) is 0. The highest BCUT2D eigenvalue weighted by atomic mass is 19.3. The van der Waals surface area contributed by atoms with Crippen LogP contribution in [0, 0.1) is 0 Å².